The fourth-order valence-corrected chi connectivity index (χ4v) is 2.62. The van der Waals surface area contributed by atoms with Crippen LogP contribution in [0.3, 0.4) is 0 Å². The van der Waals surface area contributed by atoms with Crippen molar-refractivity contribution in [2.45, 2.75) is 44.4 Å². The topological polar surface area (TPSA) is 155 Å². The van der Waals surface area contributed by atoms with E-state index in [2.05, 4.69) is 15.3 Å². The smallest absolute Gasteiger partial charge is 0.330 e. The van der Waals surface area contributed by atoms with E-state index in [0.717, 1.165) is 4.57 Å². The van der Waals surface area contributed by atoms with Crippen LogP contribution in [0.4, 0.5) is 0 Å². The van der Waals surface area contributed by atoms with Crippen molar-refractivity contribution < 1.29 is 20.1 Å². The van der Waals surface area contributed by atoms with E-state index in [-0.39, 0.29) is 17.3 Å². The lowest BCUT2D eigenvalue weighted by molar-refractivity contribution is -0.0549. The lowest BCUT2D eigenvalue weighted by Gasteiger charge is -2.17. The number of ether oxygens (including phenoxy) is 1. The Kier molecular flexibility index (Phi) is 4.56. The van der Waals surface area contributed by atoms with E-state index in [0.29, 0.717) is 0 Å². The van der Waals surface area contributed by atoms with Crippen molar-refractivity contribution in [3.8, 4) is 11.3 Å². The predicted molar refractivity (Wildman–Crippen MR) is 83.7 cm³/mol. The van der Waals surface area contributed by atoms with Gasteiger partial charge in [0.2, 0.25) is 0 Å². The van der Waals surface area contributed by atoms with Gasteiger partial charge in [-0.1, -0.05) is 5.21 Å². The first kappa shape index (κ1) is 17.5. The lowest BCUT2D eigenvalue weighted by atomic mass is 10.1. The Morgan fingerprint density at radius 1 is 1.28 bits per heavy atom. The summed E-state index contributed by atoms with van der Waals surface area (Å²) in [6, 6.07) is 0.0340. The lowest BCUT2D eigenvalue weighted by Crippen LogP contribution is -2.38. The van der Waals surface area contributed by atoms with Gasteiger partial charge in [0.1, 0.15) is 24.0 Å². The van der Waals surface area contributed by atoms with Crippen molar-refractivity contribution in [1.82, 2.24) is 24.5 Å². The minimum absolute atomic E-state index is 0.0340. The Bertz CT molecular complexity index is 871. The molecule has 0 aromatic carbocycles. The summed E-state index contributed by atoms with van der Waals surface area (Å²) in [4.78, 5) is 26.3. The summed E-state index contributed by atoms with van der Waals surface area (Å²) in [7, 11) is 0. The molecule has 0 aliphatic carbocycles. The van der Waals surface area contributed by atoms with E-state index in [1.807, 2.05) is 13.8 Å². The number of nitrogens with zero attached hydrogens (tertiary/aromatic N) is 4. The highest BCUT2D eigenvalue weighted by Crippen LogP contribution is 2.28. The summed E-state index contributed by atoms with van der Waals surface area (Å²) in [5.41, 5.74) is -1.18. The van der Waals surface area contributed by atoms with Crippen molar-refractivity contribution >= 4 is 0 Å². The van der Waals surface area contributed by atoms with Gasteiger partial charge in [-0.15, -0.1) is 5.10 Å². The molecule has 2 aromatic rings. The van der Waals surface area contributed by atoms with Crippen LogP contribution in [-0.2, 0) is 4.74 Å². The van der Waals surface area contributed by atoms with E-state index in [9.17, 15) is 19.8 Å². The summed E-state index contributed by atoms with van der Waals surface area (Å²) in [5.74, 6) is 0. The zero-order valence-corrected chi connectivity index (χ0v) is 13.6. The van der Waals surface area contributed by atoms with Crippen LogP contribution < -0.4 is 11.2 Å². The molecular weight excluding hydrogens is 334 g/mol. The van der Waals surface area contributed by atoms with Crippen LogP contribution >= 0.6 is 0 Å². The largest absolute Gasteiger partial charge is 0.394 e. The second kappa shape index (κ2) is 6.52. The van der Waals surface area contributed by atoms with Crippen molar-refractivity contribution in [3.05, 3.63) is 33.2 Å². The summed E-state index contributed by atoms with van der Waals surface area (Å²) in [5, 5.41) is 36.9. The normalized spacial score (nSPS) is 26.5. The average molecular weight is 353 g/mol. The van der Waals surface area contributed by atoms with Gasteiger partial charge in [-0.25, -0.2) is 9.48 Å². The van der Waals surface area contributed by atoms with Gasteiger partial charge in [-0.3, -0.25) is 14.3 Å². The van der Waals surface area contributed by atoms with Crippen LogP contribution in [0.5, 0.6) is 0 Å². The maximum Gasteiger partial charge on any atom is 0.330 e. The van der Waals surface area contributed by atoms with Gasteiger partial charge in [0, 0.05) is 12.2 Å². The molecule has 1 aliphatic heterocycles. The second-order valence-corrected chi connectivity index (χ2v) is 6.12. The van der Waals surface area contributed by atoms with Gasteiger partial charge >= 0.3 is 5.69 Å². The van der Waals surface area contributed by atoms with E-state index < -0.39 is 42.4 Å². The SMILES string of the molecule is CC(C)n1cc(-c2cn([C@@H]3O[C@H](CO)C(O)[C@@H]3O)c(=O)[nH]c2=O)nn1. The summed E-state index contributed by atoms with van der Waals surface area (Å²) < 4.78 is 7.83. The molecule has 1 saturated heterocycles. The zero-order chi connectivity index (χ0) is 18.3. The van der Waals surface area contributed by atoms with Crippen LogP contribution in [0.25, 0.3) is 11.3 Å². The molecule has 0 saturated carbocycles. The molecule has 136 valence electrons. The van der Waals surface area contributed by atoms with Crippen molar-refractivity contribution in [3.63, 3.8) is 0 Å². The molecule has 3 rings (SSSR count). The minimum Gasteiger partial charge on any atom is -0.394 e. The number of aliphatic hydroxyl groups excluding tert-OH is 3. The Morgan fingerprint density at radius 3 is 2.56 bits per heavy atom. The number of aromatic nitrogens is 5. The summed E-state index contributed by atoms with van der Waals surface area (Å²) in [6.45, 7) is 3.26. The van der Waals surface area contributed by atoms with E-state index >= 15 is 0 Å². The monoisotopic (exact) mass is 353 g/mol. The van der Waals surface area contributed by atoms with Gasteiger partial charge in [0.05, 0.1) is 18.4 Å². The standard InChI is InChI=1S/C14H19N5O6/c1-6(2)19-4-8(16-17-19)7-3-18(14(24)15-12(7)23)13-11(22)10(21)9(5-20)25-13/h3-4,6,9-11,13,20-22H,5H2,1-2H3,(H,15,23,24)/t9-,10?,11+,13-/m1/s1. The van der Waals surface area contributed by atoms with Crippen LogP contribution in [0.15, 0.2) is 22.0 Å². The Morgan fingerprint density at radius 2 is 2.00 bits per heavy atom. The summed E-state index contributed by atoms with van der Waals surface area (Å²) in [6.07, 6.45) is -2.35. The predicted octanol–water partition coefficient (Wildman–Crippen LogP) is -2.01. The third-order valence-electron chi connectivity index (χ3n) is 4.07. The first-order valence-electron chi connectivity index (χ1n) is 7.73. The van der Waals surface area contributed by atoms with Crippen LogP contribution in [-0.4, -0.2) is 64.8 Å². The molecule has 4 atom stereocenters. The van der Waals surface area contributed by atoms with Crippen LogP contribution in [0.1, 0.15) is 26.1 Å². The van der Waals surface area contributed by atoms with Gasteiger partial charge in [0.15, 0.2) is 6.23 Å². The quantitative estimate of drug-likeness (QED) is 0.491. The molecule has 1 aliphatic rings. The average Bonchev–Trinajstić information content (AvgIpc) is 3.15. The molecule has 25 heavy (non-hydrogen) atoms. The highest BCUT2D eigenvalue weighted by atomic mass is 16.6. The van der Waals surface area contributed by atoms with Crippen molar-refractivity contribution in [1.29, 1.82) is 0 Å². The maximum atomic E-state index is 12.1. The van der Waals surface area contributed by atoms with Gasteiger partial charge in [0.25, 0.3) is 5.56 Å². The molecule has 3 heterocycles. The Labute approximate surface area is 141 Å². The number of H-pyrrole nitrogens is 1. The maximum absolute atomic E-state index is 12.1. The third kappa shape index (κ3) is 3.02. The summed E-state index contributed by atoms with van der Waals surface area (Å²) >= 11 is 0. The van der Waals surface area contributed by atoms with E-state index in [1.54, 1.807) is 10.9 Å². The first-order chi connectivity index (χ1) is 11.8. The van der Waals surface area contributed by atoms with Crippen molar-refractivity contribution in [2.24, 2.45) is 0 Å². The Balaban J connectivity index is 2.04. The number of hydrogen-bond donors (Lipinski definition) is 4. The van der Waals surface area contributed by atoms with E-state index in [1.165, 1.54) is 6.20 Å². The van der Waals surface area contributed by atoms with Crippen LogP contribution in [0.2, 0.25) is 0 Å². The zero-order valence-electron chi connectivity index (χ0n) is 13.6. The molecule has 1 unspecified atom stereocenters. The number of hydrogen-bond acceptors (Lipinski definition) is 8. The number of aliphatic hydroxyl groups is 3. The van der Waals surface area contributed by atoms with E-state index in [4.69, 9.17) is 9.84 Å². The molecule has 11 nitrogen and oxygen atoms in total. The molecule has 0 amide bonds. The molecule has 2 aromatic heterocycles. The van der Waals surface area contributed by atoms with Crippen LogP contribution in [0, 0.1) is 0 Å². The molecule has 11 heteroatoms. The first-order valence-corrected chi connectivity index (χ1v) is 7.73. The van der Waals surface area contributed by atoms with Gasteiger partial charge < -0.3 is 20.1 Å². The third-order valence-corrected chi connectivity index (χ3v) is 4.07. The highest BCUT2D eigenvalue weighted by molar-refractivity contribution is 5.54. The molecule has 4 N–H and O–H groups in total. The second-order valence-electron chi connectivity index (χ2n) is 6.12. The molecule has 0 bridgehead atoms. The molecular formula is C14H19N5O6. The number of nitrogens with one attached hydrogen (secondary N) is 1. The fraction of sp³-hybridized carbons (Fsp3) is 0.571. The molecule has 0 spiro atoms. The highest BCUT2D eigenvalue weighted by Gasteiger charge is 2.43. The Hall–Kier alpha value is -2.34. The number of aromatic amines is 1. The molecule has 0 radical (unpaired) electrons. The van der Waals surface area contributed by atoms with Gasteiger partial charge in [-0.2, -0.15) is 0 Å². The van der Waals surface area contributed by atoms with Gasteiger partial charge in [-0.05, 0) is 13.8 Å². The molecule has 1 fully saturated rings. The van der Waals surface area contributed by atoms with Crippen molar-refractivity contribution in [2.75, 3.05) is 6.61 Å². The fourth-order valence-electron chi connectivity index (χ4n) is 2.62. The number of rotatable bonds is 4. The minimum atomic E-state index is -1.44.